The predicted octanol–water partition coefficient (Wildman–Crippen LogP) is 2.36. The van der Waals surface area contributed by atoms with Gasteiger partial charge in [-0.2, -0.15) is 0 Å². The largest absolute Gasteiger partial charge is 0.504 e. The first-order chi connectivity index (χ1) is 11.0. The van der Waals surface area contributed by atoms with Gasteiger partial charge in [0.2, 0.25) is 0 Å². The fourth-order valence-electron chi connectivity index (χ4n) is 2.40. The van der Waals surface area contributed by atoms with Crippen molar-refractivity contribution in [2.75, 3.05) is 13.1 Å². The molecular formula is C16H13ClN2O4. The molecule has 0 aromatic heterocycles. The molecule has 0 fully saturated rings. The van der Waals surface area contributed by atoms with Crippen LogP contribution in [-0.2, 0) is 0 Å². The number of hydrogen-bond donors (Lipinski definition) is 3. The molecule has 118 valence electrons. The Bertz CT molecular complexity index is 796. The molecule has 6 nitrogen and oxygen atoms in total. The quantitative estimate of drug-likeness (QED) is 0.736. The van der Waals surface area contributed by atoms with Crippen molar-refractivity contribution in [2.24, 2.45) is 4.99 Å². The summed E-state index contributed by atoms with van der Waals surface area (Å²) in [4.78, 5) is 18.4. The third-order valence-electron chi connectivity index (χ3n) is 3.49. The molecule has 0 radical (unpaired) electrons. The van der Waals surface area contributed by atoms with Crippen molar-refractivity contribution in [3.05, 3.63) is 52.5 Å². The molecule has 0 atom stereocenters. The summed E-state index contributed by atoms with van der Waals surface area (Å²) in [5.74, 6) is -1.74. The molecular weight excluding hydrogens is 320 g/mol. The van der Waals surface area contributed by atoms with Gasteiger partial charge >= 0.3 is 0 Å². The summed E-state index contributed by atoms with van der Waals surface area (Å²) in [6.45, 7) is 0.826. The standard InChI is InChI=1S/C16H13ClN2O4/c17-11-3-1-2-9(6-11)15-18-4-5-19(15)16(23)10-7-12(20)14(22)13(21)8-10/h1-3,6-8,20-22H,4-5H2. The van der Waals surface area contributed by atoms with Gasteiger partial charge in [-0.05, 0) is 24.3 Å². The highest BCUT2D eigenvalue weighted by molar-refractivity contribution is 6.31. The van der Waals surface area contributed by atoms with E-state index in [1.165, 1.54) is 4.90 Å². The van der Waals surface area contributed by atoms with Crippen molar-refractivity contribution in [3.63, 3.8) is 0 Å². The maximum Gasteiger partial charge on any atom is 0.259 e. The van der Waals surface area contributed by atoms with Gasteiger partial charge in [-0.1, -0.05) is 23.7 Å². The third-order valence-corrected chi connectivity index (χ3v) is 3.72. The zero-order chi connectivity index (χ0) is 16.6. The number of carbonyl (C=O) groups excluding carboxylic acids is 1. The number of carbonyl (C=O) groups is 1. The van der Waals surface area contributed by atoms with E-state index in [2.05, 4.69) is 4.99 Å². The lowest BCUT2D eigenvalue weighted by molar-refractivity contribution is 0.0857. The molecule has 3 rings (SSSR count). The van der Waals surface area contributed by atoms with E-state index in [1.54, 1.807) is 24.3 Å². The van der Waals surface area contributed by atoms with Crippen LogP contribution in [0.25, 0.3) is 0 Å². The summed E-state index contributed by atoms with van der Waals surface area (Å²) in [7, 11) is 0. The Balaban J connectivity index is 1.95. The van der Waals surface area contributed by atoms with E-state index in [0.717, 1.165) is 12.1 Å². The zero-order valence-electron chi connectivity index (χ0n) is 11.9. The van der Waals surface area contributed by atoms with E-state index in [-0.39, 0.29) is 5.56 Å². The molecule has 0 saturated heterocycles. The van der Waals surface area contributed by atoms with Crippen molar-refractivity contribution < 1.29 is 20.1 Å². The summed E-state index contributed by atoms with van der Waals surface area (Å²) >= 11 is 5.97. The summed E-state index contributed by atoms with van der Waals surface area (Å²) in [6, 6.07) is 9.19. The van der Waals surface area contributed by atoms with E-state index in [4.69, 9.17) is 11.6 Å². The van der Waals surface area contributed by atoms with Crippen LogP contribution in [0.15, 0.2) is 41.4 Å². The van der Waals surface area contributed by atoms with Gasteiger partial charge in [0.05, 0.1) is 6.54 Å². The smallest absolute Gasteiger partial charge is 0.259 e. The van der Waals surface area contributed by atoms with Crippen LogP contribution < -0.4 is 0 Å². The van der Waals surface area contributed by atoms with Crippen LogP contribution in [0.2, 0.25) is 5.02 Å². The topological polar surface area (TPSA) is 93.4 Å². The number of phenols is 3. The van der Waals surface area contributed by atoms with Crippen LogP contribution in [0.4, 0.5) is 0 Å². The fraction of sp³-hybridized carbons (Fsp3) is 0.125. The van der Waals surface area contributed by atoms with E-state index >= 15 is 0 Å². The van der Waals surface area contributed by atoms with Gasteiger partial charge in [-0.3, -0.25) is 14.7 Å². The predicted molar refractivity (Wildman–Crippen MR) is 85.3 cm³/mol. The molecule has 1 amide bonds. The Morgan fingerprint density at radius 1 is 1.13 bits per heavy atom. The Morgan fingerprint density at radius 2 is 1.83 bits per heavy atom. The lowest BCUT2D eigenvalue weighted by Gasteiger charge is -2.19. The monoisotopic (exact) mass is 332 g/mol. The van der Waals surface area contributed by atoms with Gasteiger partial charge in [-0.15, -0.1) is 0 Å². The number of nitrogens with zero attached hydrogens (tertiary/aromatic N) is 2. The van der Waals surface area contributed by atoms with Crippen molar-refractivity contribution in [1.29, 1.82) is 0 Å². The van der Waals surface area contributed by atoms with Crippen molar-refractivity contribution in [1.82, 2.24) is 4.90 Å². The summed E-state index contributed by atoms with van der Waals surface area (Å²) in [5, 5.41) is 29.0. The number of halogens is 1. The fourth-order valence-corrected chi connectivity index (χ4v) is 2.59. The number of benzene rings is 2. The SMILES string of the molecule is O=C(c1cc(O)c(O)c(O)c1)N1CCN=C1c1cccc(Cl)c1. The van der Waals surface area contributed by atoms with Crippen LogP contribution in [0.3, 0.4) is 0 Å². The molecule has 1 heterocycles. The number of aliphatic imine (C=N–C) groups is 1. The Hall–Kier alpha value is -2.73. The first-order valence-electron chi connectivity index (χ1n) is 6.84. The van der Waals surface area contributed by atoms with Gasteiger partial charge in [0.25, 0.3) is 5.91 Å². The Kier molecular flexibility index (Phi) is 3.83. The zero-order valence-corrected chi connectivity index (χ0v) is 12.7. The van der Waals surface area contributed by atoms with Crippen LogP contribution in [0, 0.1) is 0 Å². The minimum atomic E-state index is -0.660. The molecule has 2 aromatic carbocycles. The highest BCUT2D eigenvalue weighted by Crippen LogP contribution is 2.36. The van der Waals surface area contributed by atoms with Gasteiger partial charge in [0.15, 0.2) is 17.2 Å². The maximum atomic E-state index is 12.6. The molecule has 0 bridgehead atoms. The minimum absolute atomic E-state index is 0.0504. The Morgan fingerprint density at radius 3 is 2.48 bits per heavy atom. The van der Waals surface area contributed by atoms with Gasteiger partial charge < -0.3 is 15.3 Å². The number of aromatic hydroxyl groups is 3. The summed E-state index contributed by atoms with van der Waals surface area (Å²) in [6.07, 6.45) is 0. The molecule has 0 saturated carbocycles. The van der Waals surface area contributed by atoms with Gasteiger partial charge in [0, 0.05) is 22.7 Å². The summed E-state index contributed by atoms with van der Waals surface area (Å²) in [5.41, 5.74) is 0.755. The van der Waals surface area contributed by atoms with E-state index < -0.39 is 23.2 Å². The first-order valence-corrected chi connectivity index (χ1v) is 7.22. The minimum Gasteiger partial charge on any atom is -0.504 e. The molecule has 1 aliphatic rings. The van der Waals surface area contributed by atoms with E-state index in [0.29, 0.717) is 29.5 Å². The second-order valence-electron chi connectivity index (χ2n) is 5.04. The highest BCUT2D eigenvalue weighted by atomic mass is 35.5. The number of rotatable bonds is 2. The highest BCUT2D eigenvalue weighted by Gasteiger charge is 2.27. The number of amidine groups is 1. The second kappa shape index (κ2) is 5.81. The molecule has 0 aliphatic carbocycles. The molecule has 23 heavy (non-hydrogen) atoms. The van der Waals surface area contributed by atoms with Crippen molar-refractivity contribution in [3.8, 4) is 17.2 Å². The van der Waals surface area contributed by atoms with Crippen LogP contribution >= 0.6 is 11.6 Å². The molecule has 0 spiro atoms. The average molecular weight is 333 g/mol. The number of hydrogen-bond acceptors (Lipinski definition) is 5. The lowest BCUT2D eigenvalue weighted by Crippen LogP contribution is -2.34. The maximum absolute atomic E-state index is 12.6. The number of amides is 1. The van der Waals surface area contributed by atoms with E-state index in [1.807, 2.05) is 0 Å². The van der Waals surface area contributed by atoms with Gasteiger partial charge in [-0.25, -0.2) is 0 Å². The Labute approximate surface area is 136 Å². The molecule has 2 aromatic rings. The molecule has 0 unspecified atom stereocenters. The molecule has 7 heteroatoms. The average Bonchev–Trinajstić information content (AvgIpc) is 3.01. The summed E-state index contributed by atoms with van der Waals surface area (Å²) < 4.78 is 0. The van der Waals surface area contributed by atoms with Crippen LogP contribution in [0.1, 0.15) is 15.9 Å². The number of phenolic OH excluding ortho intramolecular Hbond substituents is 3. The molecule has 3 N–H and O–H groups in total. The van der Waals surface area contributed by atoms with Crippen LogP contribution in [-0.4, -0.2) is 45.1 Å². The third kappa shape index (κ3) is 2.80. The second-order valence-corrected chi connectivity index (χ2v) is 5.47. The van der Waals surface area contributed by atoms with Crippen molar-refractivity contribution in [2.45, 2.75) is 0 Å². The lowest BCUT2D eigenvalue weighted by atomic mass is 10.1. The van der Waals surface area contributed by atoms with E-state index in [9.17, 15) is 20.1 Å². The normalized spacial score (nSPS) is 14.0. The molecule has 1 aliphatic heterocycles. The van der Waals surface area contributed by atoms with Gasteiger partial charge in [0.1, 0.15) is 5.84 Å². The van der Waals surface area contributed by atoms with Crippen LogP contribution in [0.5, 0.6) is 17.2 Å². The first kappa shape index (κ1) is 15.2. The van der Waals surface area contributed by atoms with Crippen molar-refractivity contribution >= 4 is 23.3 Å².